The van der Waals surface area contributed by atoms with E-state index in [1.54, 1.807) is 5.32 Å². The Kier molecular flexibility index (Phi) is 5.43. The van der Waals surface area contributed by atoms with Crippen LogP contribution in [-0.2, 0) is 23.2 Å². The van der Waals surface area contributed by atoms with Gasteiger partial charge < -0.3 is 4.90 Å². The van der Waals surface area contributed by atoms with Crippen LogP contribution in [-0.4, -0.2) is 29.5 Å². The fraction of sp³-hybridized carbons (Fsp3) is 0.364. The minimum atomic E-state index is -5.01. The SMILES string of the molecule is CC(C)(C)c1ccc(-c2ccc3c(c2)CN(C(=N)NC(=O)C(F)(F)F)CC3)cc1. The first-order valence-electron chi connectivity index (χ1n) is 9.39. The summed E-state index contributed by atoms with van der Waals surface area (Å²) < 4.78 is 37.3. The molecule has 2 aromatic rings. The van der Waals surface area contributed by atoms with Gasteiger partial charge in [-0.2, -0.15) is 13.2 Å². The molecule has 7 heteroatoms. The number of carbonyl (C=O) groups is 1. The van der Waals surface area contributed by atoms with Crippen LogP contribution in [0.2, 0.25) is 0 Å². The first-order chi connectivity index (χ1) is 13.4. The molecule has 1 heterocycles. The van der Waals surface area contributed by atoms with Gasteiger partial charge in [0, 0.05) is 13.1 Å². The van der Waals surface area contributed by atoms with E-state index in [9.17, 15) is 18.0 Å². The van der Waals surface area contributed by atoms with Crippen LogP contribution in [0.1, 0.15) is 37.5 Å². The number of hydrogen-bond acceptors (Lipinski definition) is 2. The number of fused-ring (bicyclic) bond motifs is 1. The van der Waals surface area contributed by atoms with Gasteiger partial charge in [0.25, 0.3) is 0 Å². The van der Waals surface area contributed by atoms with Gasteiger partial charge in [-0.25, -0.2) is 0 Å². The number of nitrogens with one attached hydrogen (secondary N) is 2. The van der Waals surface area contributed by atoms with Crippen molar-refractivity contribution in [2.45, 2.75) is 45.3 Å². The number of nitrogens with zero attached hydrogens (tertiary/aromatic N) is 1. The summed E-state index contributed by atoms with van der Waals surface area (Å²) in [4.78, 5) is 12.5. The van der Waals surface area contributed by atoms with E-state index >= 15 is 0 Å². The van der Waals surface area contributed by atoms with Gasteiger partial charge in [-0.15, -0.1) is 0 Å². The minimum Gasteiger partial charge on any atom is -0.338 e. The topological polar surface area (TPSA) is 56.2 Å². The summed E-state index contributed by atoms with van der Waals surface area (Å²) in [5.41, 5.74) is 5.41. The summed E-state index contributed by atoms with van der Waals surface area (Å²) in [5.74, 6) is -2.65. The Morgan fingerprint density at radius 3 is 2.21 bits per heavy atom. The number of carbonyl (C=O) groups excluding carboxylic acids is 1. The van der Waals surface area contributed by atoms with E-state index in [1.165, 1.54) is 10.5 Å². The summed E-state index contributed by atoms with van der Waals surface area (Å²) >= 11 is 0. The monoisotopic (exact) mass is 403 g/mol. The van der Waals surface area contributed by atoms with Crippen molar-refractivity contribution < 1.29 is 18.0 Å². The Labute approximate surface area is 168 Å². The first-order valence-corrected chi connectivity index (χ1v) is 9.39. The molecule has 0 radical (unpaired) electrons. The van der Waals surface area contributed by atoms with E-state index < -0.39 is 18.0 Å². The van der Waals surface area contributed by atoms with Gasteiger partial charge in [0.05, 0.1) is 0 Å². The van der Waals surface area contributed by atoms with E-state index in [1.807, 2.05) is 18.2 Å². The van der Waals surface area contributed by atoms with Crippen LogP contribution in [0.25, 0.3) is 11.1 Å². The van der Waals surface area contributed by atoms with Crippen LogP contribution in [0.5, 0.6) is 0 Å². The number of amides is 1. The molecule has 0 fully saturated rings. The summed E-state index contributed by atoms with van der Waals surface area (Å²) in [7, 11) is 0. The standard InChI is InChI=1S/C22H24F3N3O/c1-21(2,3)18-8-6-14(7-9-18)16-5-4-15-10-11-28(13-17(15)12-16)20(26)27-19(29)22(23,24)25/h4-9,12H,10-11,13H2,1-3H3,(H2,26,27,29). The summed E-state index contributed by atoms with van der Waals surface area (Å²) in [6.07, 6.45) is -4.41. The lowest BCUT2D eigenvalue weighted by molar-refractivity contribution is -0.172. The van der Waals surface area contributed by atoms with Crippen LogP contribution in [0, 0.1) is 5.41 Å². The van der Waals surface area contributed by atoms with Gasteiger partial charge in [0.2, 0.25) is 0 Å². The second-order valence-corrected chi connectivity index (χ2v) is 8.28. The fourth-order valence-corrected chi connectivity index (χ4v) is 3.35. The highest BCUT2D eigenvalue weighted by molar-refractivity contribution is 5.98. The predicted molar refractivity (Wildman–Crippen MR) is 107 cm³/mol. The molecule has 3 rings (SSSR count). The minimum absolute atomic E-state index is 0.0656. The smallest absolute Gasteiger partial charge is 0.338 e. The summed E-state index contributed by atoms with van der Waals surface area (Å²) in [6.45, 7) is 7.12. The van der Waals surface area contributed by atoms with Crippen molar-refractivity contribution in [3.8, 4) is 11.1 Å². The third-order valence-corrected chi connectivity index (χ3v) is 5.11. The van der Waals surface area contributed by atoms with Crippen LogP contribution < -0.4 is 5.32 Å². The molecule has 2 aromatic carbocycles. The van der Waals surface area contributed by atoms with Gasteiger partial charge in [-0.1, -0.05) is 57.2 Å². The molecule has 0 atom stereocenters. The number of rotatable bonds is 1. The van der Waals surface area contributed by atoms with E-state index in [0.29, 0.717) is 13.0 Å². The van der Waals surface area contributed by atoms with Crippen molar-refractivity contribution in [2.24, 2.45) is 0 Å². The van der Waals surface area contributed by atoms with Gasteiger partial charge in [-0.3, -0.25) is 15.5 Å². The van der Waals surface area contributed by atoms with E-state index in [-0.39, 0.29) is 12.0 Å². The van der Waals surface area contributed by atoms with E-state index in [4.69, 9.17) is 5.41 Å². The third-order valence-electron chi connectivity index (χ3n) is 5.11. The number of halogens is 3. The number of guanidine groups is 1. The molecule has 154 valence electrons. The van der Waals surface area contributed by atoms with Gasteiger partial charge in [0.15, 0.2) is 5.96 Å². The molecule has 0 unspecified atom stereocenters. The van der Waals surface area contributed by atoms with Crippen molar-refractivity contribution in [1.29, 1.82) is 5.41 Å². The molecular formula is C22H24F3N3O. The number of alkyl halides is 3. The molecule has 0 saturated heterocycles. The quantitative estimate of drug-likeness (QED) is 0.539. The highest BCUT2D eigenvalue weighted by Gasteiger charge is 2.39. The summed E-state index contributed by atoms with van der Waals surface area (Å²) in [6, 6.07) is 14.4. The second kappa shape index (κ2) is 7.54. The van der Waals surface area contributed by atoms with Crippen LogP contribution in [0.3, 0.4) is 0 Å². The average Bonchev–Trinajstić information content (AvgIpc) is 2.65. The third kappa shape index (κ3) is 4.78. The Balaban J connectivity index is 1.77. The highest BCUT2D eigenvalue weighted by atomic mass is 19.4. The molecule has 1 amide bonds. The van der Waals surface area contributed by atoms with Crippen LogP contribution >= 0.6 is 0 Å². The molecule has 1 aliphatic heterocycles. The predicted octanol–water partition coefficient (Wildman–Crippen LogP) is 4.62. The molecule has 0 saturated carbocycles. The van der Waals surface area contributed by atoms with Crippen molar-refractivity contribution in [2.75, 3.05) is 6.54 Å². The largest absolute Gasteiger partial charge is 0.471 e. The van der Waals surface area contributed by atoms with Crippen molar-refractivity contribution in [3.05, 3.63) is 59.2 Å². The Hall–Kier alpha value is -2.83. The molecule has 2 N–H and O–H groups in total. The maximum Gasteiger partial charge on any atom is 0.471 e. The van der Waals surface area contributed by atoms with Gasteiger partial charge in [0.1, 0.15) is 0 Å². The Bertz CT molecular complexity index is 928. The zero-order chi connectivity index (χ0) is 21.4. The maximum atomic E-state index is 12.4. The molecular weight excluding hydrogens is 379 g/mol. The van der Waals surface area contributed by atoms with Crippen molar-refractivity contribution >= 4 is 11.9 Å². The molecule has 0 aliphatic carbocycles. The highest BCUT2D eigenvalue weighted by Crippen LogP contribution is 2.29. The maximum absolute atomic E-state index is 12.4. The molecule has 0 bridgehead atoms. The second-order valence-electron chi connectivity index (χ2n) is 8.28. The Morgan fingerprint density at radius 2 is 1.62 bits per heavy atom. The van der Waals surface area contributed by atoms with E-state index in [2.05, 4.69) is 45.0 Å². The number of hydrogen-bond donors (Lipinski definition) is 2. The van der Waals surface area contributed by atoms with Gasteiger partial charge >= 0.3 is 12.1 Å². The normalized spacial score (nSPS) is 14.3. The zero-order valence-corrected chi connectivity index (χ0v) is 16.7. The van der Waals surface area contributed by atoms with Crippen molar-refractivity contribution in [1.82, 2.24) is 10.2 Å². The van der Waals surface area contributed by atoms with E-state index in [0.717, 1.165) is 22.3 Å². The Morgan fingerprint density at radius 1 is 1.00 bits per heavy atom. The van der Waals surface area contributed by atoms with Crippen LogP contribution in [0.15, 0.2) is 42.5 Å². The lowest BCUT2D eigenvalue weighted by Gasteiger charge is -2.31. The lowest BCUT2D eigenvalue weighted by Crippen LogP contribution is -2.49. The van der Waals surface area contributed by atoms with Crippen molar-refractivity contribution in [3.63, 3.8) is 0 Å². The molecule has 1 aliphatic rings. The van der Waals surface area contributed by atoms with Crippen LogP contribution in [0.4, 0.5) is 13.2 Å². The average molecular weight is 403 g/mol. The number of benzene rings is 2. The fourth-order valence-electron chi connectivity index (χ4n) is 3.35. The lowest BCUT2D eigenvalue weighted by atomic mass is 9.86. The van der Waals surface area contributed by atoms with Gasteiger partial charge in [-0.05, 0) is 45.7 Å². The molecule has 29 heavy (non-hydrogen) atoms. The molecule has 4 nitrogen and oxygen atoms in total. The summed E-state index contributed by atoms with van der Waals surface area (Å²) in [5, 5.41) is 9.46. The molecule has 0 spiro atoms. The molecule has 0 aromatic heterocycles. The first kappa shape index (κ1) is 20.9. The zero-order valence-electron chi connectivity index (χ0n) is 16.7.